The number of esters is 2. The summed E-state index contributed by atoms with van der Waals surface area (Å²) < 4.78 is 23.6. The number of pyridine rings is 2. The molecule has 2 aromatic heterocycles. The van der Waals surface area contributed by atoms with Gasteiger partial charge in [-0.25, -0.2) is 9.59 Å². The van der Waals surface area contributed by atoms with Crippen LogP contribution in [0.25, 0.3) is 33.4 Å². The topological polar surface area (TPSA) is 316 Å². The number of oxime groups is 1. The van der Waals surface area contributed by atoms with E-state index in [-0.39, 0.29) is 42.5 Å². The van der Waals surface area contributed by atoms with Crippen LogP contribution in [-0.4, -0.2) is 65.8 Å². The first kappa shape index (κ1) is 39.4. The van der Waals surface area contributed by atoms with Gasteiger partial charge in [0.1, 0.15) is 5.71 Å². The number of carbonyl (C=O) groups is 3. The van der Waals surface area contributed by atoms with Crippen LogP contribution < -0.4 is 5.56 Å². The Balaban J connectivity index is 1.18. The van der Waals surface area contributed by atoms with Crippen molar-refractivity contribution in [1.29, 1.82) is 0 Å². The number of carbonyl (C=O) groups excluding carboxylic acids is 3. The quantitative estimate of drug-likeness (QED) is 0.0759. The summed E-state index contributed by atoms with van der Waals surface area (Å²) in [5, 5.41) is 52.3. The molecule has 3 aliphatic rings. The molecular weight excluding hydrogens is 809 g/mol. The van der Waals surface area contributed by atoms with Crippen molar-refractivity contribution < 1.29 is 53.1 Å². The van der Waals surface area contributed by atoms with Gasteiger partial charge in [0.05, 0.1) is 43.0 Å². The molecule has 61 heavy (non-hydrogen) atoms. The molecule has 4 heterocycles. The number of nitro benzene ring substituents is 4. The molecule has 24 heteroatoms. The number of non-ortho nitro benzene ring substituents is 2. The molecule has 0 unspecified atom stereocenters. The molecule has 5 aromatic rings. The number of cyclic esters (lactones) is 1. The molecule has 0 radical (unpaired) electrons. The zero-order chi connectivity index (χ0) is 43.8. The molecule has 0 saturated carbocycles. The van der Waals surface area contributed by atoms with E-state index >= 15 is 0 Å². The minimum atomic E-state index is -2.25. The Kier molecular flexibility index (Phi) is 9.13. The van der Waals surface area contributed by atoms with E-state index in [2.05, 4.69) is 10.1 Å². The summed E-state index contributed by atoms with van der Waals surface area (Å²) in [5.74, 6) is -2.33. The summed E-state index contributed by atoms with van der Waals surface area (Å²) in [7, 11) is 0.184. The van der Waals surface area contributed by atoms with Crippen LogP contribution in [0.3, 0.4) is 0 Å². The number of hydrogen-bond acceptors (Lipinski definition) is 18. The van der Waals surface area contributed by atoms with E-state index in [0.29, 0.717) is 34.3 Å². The summed E-state index contributed by atoms with van der Waals surface area (Å²) in [6.07, 6.45) is -2.06. The fourth-order valence-electron chi connectivity index (χ4n) is 7.66. The van der Waals surface area contributed by atoms with E-state index in [9.17, 15) is 64.3 Å². The second-order valence-electron chi connectivity index (χ2n) is 13.9. The third-order valence-corrected chi connectivity index (χ3v) is 10.6. The number of nitrogens with zero attached hydrogens (tertiary/aromatic N) is 7. The third kappa shape index (κ3) is 6.06. The summed E-state index contributed by atoms with van der Waals surface area (Å²) in [6, 6.07) is 10.3. The summed E-state index contributed by atoms with van der Waals surface area (Å²) >= 11 is 0. The SMILES string of the molecule is CC[C@]1(OC(=O)[C@H](C)ON=C2c3cc([N+](=O)[O-])cc([N+](=O)[O-])c3-c3c2cc([N+](=O)[O-])cc3[N+](=O)[O-])C(=O)OCc2c1cc1n(c2=O)Cc2cc3cc(C(=O)B=O)ccc3nc2-1. The molecule has 8 rings (SSSR count). The van der Waals surface area contributed by atoms with Gasteiger partial charge in [-0.1, -0.05) is 12.1 Å². The van der Waals surface area contributed by atoms with Crippen LogP contribution in [-0.2, 0) is 47.4 Å². The normalized spacial score (nSPS) is 15.8. The molecule has 23 nitrogen and oxygen atoms in total. The summed E-state index contributed by atoms with van der Waals surface area (Å²) in [4.78, 5) is 107. The van der Waals surface area contributed by atoms with Crippen LogP contribution in [0.1, 0.15) is 58.4 Å². The van der Waals surface area contributed by atoms with Gasteiger partial charge in [-0.15, -0.1) is 0 Å². The number of benzene rings is 3. The van der Waals surface area contributed by atoms with Crippen molar-refractivity contribution in [3.05, 3.63) is 139 Å². The molecule has 0 amide bonds. The molecule has 0 spiro atoms. The Labute approximate surface area is 338 Å². The van der Waals surface area contributed by atoms with E-state index in [0.717, 1.165) is 19.1 Å². The Morgan fingerprint density at radius 3 is 2.10 bits per heavy atom. The van der Waals surface area contributed by atoms with Crippen LogP contribution in [0, 0.1) is 40.5 Å². The van der Waals surface area contributed by atoms with Gasteiger partial charge < -0.3 is 4.84 Å². The Bertz CT molecular complexity index is 2970. The maximum absolute atomic E-state index is 14.0. The van der Waals surface area contributed by atoms with Crippen LogP contribution in [0.15, 0.2) is 64.5 Å². The predicted molar refractivity (Wildman–Crippen MR) is 204 cm³/mol. The molecule has 3 aromatic carbocycles. The van der Waals surface area contributed by atoms with E-state index < -0.39 is 112 Å². The minimum absolute atomic E-state index is 0.0195. The average Bonchev–Trinajstić information content (AvgIpc) is 3.76. The molecule has 2 aliphatic heterocycles. The molecule has 2 atom stereocenters. The van der Waals surface area contributed by atoms with Crippen LogP contribution >= 0.6 is 0 Å². The maximum atomic E-state index is 14.0. The van der Waals surface area contributed by atoms with Gasteiger partial charge in [0, 0.05) is 23.3 Å². The van der Waals surface area contributed by atoms with E-state index in [1.54, 1.807) is 6.07 Å². The van der Waals surface area contributed by atoms with Crippen molar-refractivity contribution in [2.24, 2.45) is 5.16 Å². The first-order chi connectivity index (χ1) is 29.0. The first-order valence-corrected chi connectivity index (χ1v) is 17.8. The van der Waals surface area contributed by atoms with Gasteiger partial charge >= 0.3 is 164 Å². The molecular formula is C37H22BN7O16. The molecule has 0 fully saturated rings. The second kappa shape index (κ2) is 14.1. The van der Waals surface area contributed by atoms with Crippen molar-refractivity contribution >= 4 is 64.1 Å². The van der Waals surface area contributed by atoms with Gasteiger partial charge in [0.2, 0.25) is 6.10 Å². The summed E-state index contributed by atoms with van der Waals surface area (Å²) in [6.45, 7) is 2.13. The zero-order valence-corrected chi connectivity index (χ0v) is 31.1. The standard InChI is InChI=1S/C37H22BN7O16/c1-3-37(24-12-28-31-18(13-41(28)34(47)23(24)14-59-36(37)49)7-17-6-16(33(46)38-50)4-5-25(17)39-31)60-35(48)15(2)61-40-32-21-8-19(42(51)52)10-26(44(55)56)29(21)30-22(32)9-20(43(53)54)11-27(30)45(57)58/h4-12,15H,3,13-14H2,1-2H3/t15-,37+/m0/s1. The van der Waals surface area contributed by atoms with Crippen molar-refractivity contribution in [3.8, 4) is 22.5 Å². The van der Waals surface area contributed by atoms with Crippen molar-refractivity contribution in [1.82, 2.24) is 9.55 Å². The number of aromatic nitrogens is 2. The number of rotatable bonds is 11. The monoisotopic (exact) mass is 831 g/mol. The molecule has 1 aliphatic carbocycles. The fraction of sp³-hybridized carbons (Fsp3) is 0.189. The van der Waals surface area contributed by atoms with Gasteiger partial charge in [-0.2, -0.15) is 0 Å². The van der Waals surface area contributed by atoms with Gasteiger partial charge in [0.15, 0.2) is 0 Å². The number of nitro groups is 4. The van der Waals surface area contributed by atoms with Crippen LogP contribution in [0.4, 0.5) is 22.7 Å². The number of fused-ring (bicyclic) bond motifs is 8. The van der Waals surface area contributed by atoms with Crippen molar-refractivity contribution in [2.75, 3.05) is 0 Å². The van der Waals surface area contributed by atoms with Crippen LogP contribution in [0.5, 0.6) is 0 Å². The van der Waals surface area contributed by atoms with Crippen molar-refractivity contribution in [3.63, 3.8) is 0 Å². The Morgan fingerprint density at radius 1 is 0.918 bits per heavy atom. The van der Waals surface area contributed by atoms with Gasteiger partial charge in [-0.05, 0) is 6.92 Å². The second-order valence-corrected chi connectivity index (χ2v) is 13.9. The van der Waals surface area contributed by atoms with E-state index in [4.69, 9.17) is 14.3 Å². The molecule has 0 N–H and O–H groups in total. The predicted octanol–water partition coefficient (Wildman–Crippen LogP) is 4.29. The van der Waals surface area contributed by atoms with Gasteiger partial charge in [0.25, 0.3) is 22.7 Å². The fourth-order valence-corrected chi connectivity index (χ4v) is 7.66. The number of ether oxygens (including phenoxy) is 2. The number of hydrogen-bond donors (Lipinski definition) is 0. The molecule has 0 saturated heterocycles. The molecule has 304 valence electrons. The van der Waals surface area contributed by atoms with Crippen LogP contribution in [0.2, 0.25) is 0 Å². The van der Waals surface area contributed by atoms with E-state index in [1.807, 2.05) is 0 Å². The Morgan fingerprint density at radius 2 is 1.54 bits per heavy atom. The Hall–Kier alpha value is -8.44. The summed E-state index contributed by atoms with van der Waals surface area (Å²) in [5.41, 5.74) is -8.05. The average molecular weight is 831 g/mol. The first-order valence-electron chi connectivity index (χ1n) is 17.8. The third-order valence-electron chi connectivity index (χ3n) is 10.6. The molecule has 0 bridgehead atoms. The van der Waals surface area contributed by atoms with Gasteiger partial charge in [-0.3, -0.25) is 40.5 Å². The zero-order valence-electron chi connectivity index (χ0n) is 31.1. The van der Waals surface area contributed by atoms with E-state index in [1.165, 1.54) is 35.8 Å². The van der Waals surface area contributed by atoms with Crippen molar-refractivity contribution in [2.45, 2.75) is 45.1 Å².